The molecule has 2 amide bonds. The van der Waals surface area contributed by atoms with Gasteiger partial charge in [-0.15, -0.1) is 0 Å². The highest BCUT2D eigenvalue weighted by Gasteiger charge is 2.24. The van der Waals surface area contributed by atoms with Gasteiger partial charge in [0.2, 0.25) is 5.91 Å². The Balaban J connectivity index is 1.26. The Morgan fingerprint density at radius 3 is 2.39 bits per heavy atom. The minimum absolute atomic E-state index is 0.0146. The summed E-state index contributed by atoms with van der Waals surface area (Å²) in [6.07, 6.45) is 7.38. The van der Waals surface area contributed by atoms with Gasteiger partial charge in [-0.25, -0.2) is 0 Å². The van der Waals surface area contributed by atoms with E-state index in [1.165, 1.54) is 5.56 Å². The monoisotopic (exact) mass is 418 g/mol. The smallest absolute Gasteiger partial charge is 0.251 e. The Morgan fingerprint density at radius 1 is 1.00 bits per heavy atom. The molecular formula is C26H30N2O3. The zero-order valence-corrected chi connectivity index (χ0v) is 18.3. The maximum absolute atomic E-state index is 12.6. The van der Waals surface area contributed by atoms with Crippen LogP contribution in [-0.4, -0.2) is 41.9 Å². The molecule has 2 fully saturated rings. The summed E-state index contributed by atoms with van der Waals surface area (Å²) < 4.78 is 6.19. The fourth-order valence-corrected chi connectivity index (χ4v) is 3.72. The number of likely N-dealkylation sites (tertiary alicyclic amines) is 1. The molecule has 4 rings (SSSR count). The number of piperidine rings is 1. The van der Waals surface area contributed by atoms with Crippen LogP contribution in [0.1, 0.15) is 52.7 Å². The van der Waals surface area contributed by atoms with Crippen molar-refractivity contribution in [2.24, 2.45) is 0 Å². The standard InChI is InChI=1S/C26H30N2O3/c1-18-3-4-19(2)24(17-18)31-23-13-15-28(16-14-23)25(29)12-7-20-5-8-21(9-6-20)26(30)27-22-10-11-22/h3-9,12,17,22-23H,10-11,13-16H2,1-2H3,(H,27,30). The number of carbonyl (C=O) groups is 2. The lowest BCUT2D eigenvalue weighted by Gasteiger charge is -2.32. The molecule has 1 N–H and O–H groups in total. The average Bonchev–Trinajstić information content (AvgIpc) is 3.59. The van der Waals surface area contributed by atoms with Gasteiger partial charge in [-0.3, -0.25) is 9.59 Å². The van der Waals surface area contributed by atoms with Crippen LogP contribution in [0.2, 0.25) is 0 Å². The van der Waals surface area contributed by atoms with E-state index >= 15 is 0 Å². The molecule has 2 aromatic carbocycles. The minimum Gasteiger partial charge on any atom is -0.490 e. The van der Waals surface area contributed by atoms with E-state index in [4.69, 9.17) is 4.74 Å². The van der Waals surface area contributed by atoms with Crippen LogP contribution in [0.15, 0.2) is 48.5 Å². The summed E-state index contributed by atoms with van der Waals surface area (Å²) in [7, 11) is 0. The summed E-state index contributed by atoms with van der Waals surface area (Å²) >= 11 is 0. The molecule has 1 aliphatic carbocycles. The maximum Gasteiger partial charge on any atom is 0.251 e. The quantitative estimate of drug-likeness (QED) is 0.713. The zero-order valence-electron chi connectivity index (χ0n) is 18.3. The van der Waals surface area contributed by atoms with Gasteiger partial charge in [0.1, 0.15) is 11.9 Å². The first-order chi connectivity index (χ1) is 15.0. The van der Waals surface area contributed by atoms with E-state index in [1.807, 2.05) is 23.1 Å². The Labute approximate surface area is 184 Å². The van der Waals surface area contributed by atoms with E-state index in [0.29, 0.717) is 24.7 Å². The Bertz CT molecular complexity index is 969. The summed E-state index contributed by atoms with van der Waals surface area (Å²) in [5.41, 5.74) is 3.89. The molecule has 0 atom stereocenters. The highest BCUT2D eigenvalue weighted by atomic mass is 16.5. The number of carbonyl (C=O) groups excluding carboxylic acids is 2. The van der Waals surface area contributed by atoms with Crippen molar-refractivity contribution in [1.82, 2.24) is 10.2 Å². The van der Waals surface area contributed by atoms with Gasteiger partial charge in [0.15, 0.2) is 0 Å². The predicted octanol–water partition coefficient (Wildman–Crippen LogP) is 4.28. The number of aryl methyl sites for hydroxylation is 2. The summed E-state index contributed by atoms with van der Waals surface area (Å²) in [4.78, 5) is 26.5. The zero-order chi connectivity index (χ0) is 21.8. The van der Waals surface area contributed by atoms with E-state index in [-0.39, 0.29) is 17.9 Å². The molecule has 0 aromatic heterocycles. The number of ether oxygens (including phenoxy) is 1. The third-order valence-corrected chi connectivity index (χ3v) is 5.89. The highest BCUT2D eigenvalue weighted by Crippen LogP contribution is 2.24. The van der Waals surface area contributed by atoms with E-state index in [2.05, 4.69) is 37.4 Å². The third kappa shape index (κ3) is 5.75. The molecule has 1 saturated carbocycles. The molecule has 31 heavy (non-hydrogen) atoms. The number of nitrogens with zero attached hydrogens (tertiary/aromatic N) is 1. The van der Waals surface area contributed by atoms with Crippen molar-refractivity contribution in [1.29, 1.82) is 0 Å². The number of hydrogen-bond donors (Lipinski definition) is 1. The van der Waals surface area contributed by atoms with Crippen molar-refractivity contribution in [3.8, 4) is 5.75 Å². The average molecular weight is 419 g/mol. The number of amides is 2. The van der Waals surface area contributed by atoms with E-state index in [0.717, 1.165) is 42.6 Å². The van der Waals surface area contributed by atoms with Gasteiger partial charge in [-0.05, 0) is 67.7 Å². The number of benzene rings is 2. The van der Waals surface area contributed by atoms with Gasteiger partial charge >= 0.3 is 0 Å². The molecule has 1 saturated heterocycles. The molecule has 0 bridgehead atoms. The van der Waals surface area contributed by atoms with Crippen molar-refractivity contribution in [3.63, 3.8) is 0 Å². The Morgan fingerprint density at radius 2 is 1.71 bits per heavy atom. The first-order valence-electron chi connectivity index (χ1n) is 11.1. The van der Waals surface area contributed by atoms with Crippen LogP contribution in [0, 0.1) is 13.8 Å². The number of rotatable bonds is 6. The first-order valence-corrected chi connectivity index (χ1v) is 11.1. The first kappa shape index (κ1) is 21.2. The van der Waals surface area contributed by atoms with Crippen molar-refractivity contribution in [2.45, 2.75) is 51.7 Å². The second-order valence-corrected chi connectivity index (χ2v) is 8.61. The molecule has 1 aliphatic heterocycles. The highest BCUT2D eigenvalue weighted by molar-refractivity contribution is 5.95. The van der Waals surface area contributed by atoms with E-state index in [1.54, 1.807) is 18.2 Å². The fourth-order valence-electron chi connectivity index (χ4n) is 3.72. The topological polar surface area (TPSA) is 58.6 Å². The largest absolute Gasteiger partial charge is 0.490 e. The van der Waals surface area contributed by atoms with Crippen molar-refractivity contribution in [2.75, 3.05) is 13.1 Å². The molecule has 162 valence electrons. The van der Waals surface area contributed by atoms with Crippen molar-refractivity contribution in [3.05, 3.63) is 70.8 Å². The maximum atomic E-state index is 12.6. The molecule has 0 spiro atoms. The van der Waals surface area contributed by atoms with Crippen molar-refractivity contribution < 1.29 is 14.3 Å². The molecule has 5 nitrogen and oxygen atoms in total. The van der Waals surface area contributed by atoms with Gasteiger partial charge < -0.3 is 15.0 Å². The van der Waals surface area contributed by atoms with Crippen LogP contribution in [0.3, 0.4) is 0 Å². The Hall–Kier alpha value is -3.08. The number of hydrogen-bond acceptors (Lipinski definition) is 3. The molecular weight excluding hydrogens is 388 g/mol. The molecule has 2 aromatic rings. The molecule has 0 radical (unpaired) electrons. The SMILES string of the molecule is Cc1ccc(C)c(OC2CCN(C(=O)C=Cc3ccc(C(=O)NC4CC4)cc3)CC2)c1. The van der Waals surface area contributed by atoms with Gasteiger partial charge in [-0.1, -0.05) is 24.3 Å². The lowest BCUT2D eigenvalue weighted by Crippen LogP contribution is -2.41. The third-order valence-electron chi connectivity index (χ3n) is 5.89. The van der Waals surface area contributed by atoms with Gasteiger partial charge in [0.25, 0.3) is 5.91 Å². The van der Waals surface area contributed by atoms with Crippen LogP contribution in [0.25, 0.3) is 6.08 Å². The predicted molar refractivity (Wildman–Crippen MR) is 122 cm³/mol. The lowest BCUT2D eigenvalue weighted by molar-refractivity contribution is -0.127. The summed E-state index contributed by atoms with van der Waals surface area (Å²) in [6.45, 7) is 5.51. The molecule has 5 heteroatoms. The van der Waals surface area contributed by atoms with Crippen LogP contribution in [0.4, 0.5) is 0 Å². The van der Waals surface area contributed by atoms with Crippen LogP contribution in [0.5, 0.6) is 5.75 Å². The van der Waals surface area contributed by atoms with E-state index in [9.17, 15) is 9.59 Å². The van der Waals surface area contributed by atoms with E-state index < -0.39 is 0 Å². The van der Waals surface area contributed by atoms with Gasteiger partial charge in [-0.2, -0.15) is 0 Å². The summed E-state index contributed by atoms with van der Waals surface area (Å²) in [5.74, 6) is 0.930. The second-order valence-electron chi connectivity index (χ2n) is 8.61. The van der Waals surface area contributed by atoms with Crippen LogP contribution >= 0.6 is 0 Å². The van der Waals surface area contributed by atoms with Gasteiger partial charge in [0, 0.05) is 43.6 Å². The lowest BCUT2D eigenvalue weighted by atomic mass is 10.1. The second kappa shape index (κ2) is 9.38. The Kier molecular flexibility index (Phi) is 6.40. The van der Waals surface area contributed by atoms with Crippen LogP contribution < -0.4 is 10.1 Å². The minimum atomic E-state index is -0.0277. The van der Waals surface area contributed by atoms with Crippen LogP contribution in [-0.2, 0) is 4.79 Å². The molecule has 1 heterocycles. The summed E-state index contributed by atoms with van der Waals surface area (Å²) in [6, 6.07) is 13.9. The van der Waals surface area contributed by atoms with Gasteiger partial charge in [0.05, 0.1) is 0 Å². The van der Waals surface area contributed by atoms with Crippen molar-refractivity contribution >= 4 is 17.9 Å². The number of nitrogens with one attached hydrogen (secondary N) is 1. The summed E-state index contributed by atoms with van der Waals surface area (Å²) in [5, 5.41) is 2.98. The fraction of sp³-hybridized carbons (Fsp3) is 0.385. The molecule has 0 unspecified atom stereocenters. The molecule has 2 aliphatic rings. The normalized spacial score (nSPS) is 17.0.